The molecule has 1 aliphatic heterocycles. The van der Waals surface area contributed by atoms with Gasteiger partial charge in [0.15, 0.2) is 5.82 Å². The Morgan fingerprint density at radius 2 is 2.33 bits per heavy atom. The molecule has 2 heterocycles. The monoisotopic (exact) mass is 269 g/mol. The number of hydrogen-bond donors (Lipinski definition) is 0. The summed E-state index contributed by atoms with van der Waals surface area (Å²) in [4.78, 5) is 2.34. The van der Waals surface area contributed by atoms with E-state index in [1.54, 1.807) is 0 Å². The third-order valence-corrected chi connectivity index (χ3v) is 3.76. The molecule has 4 heteroatoms. The molecule has 0 spiro atoms. The Labute approximate surface area is 99.0 Å². The van der Waals surface area contributed by atoms with Gasteiger partial charge in [0.05, 0.1) is 5.69 Å². The van der Waals surface area contributed by atoms with Crippen LogP contribution < -0.4 is 4.90 Å². The minimum Gasteiger partial charge on any atom is -0.355 e. The molecule has 0 N–H and O–H groups in total. The molecule has 0 saturated carbocycles. The minimum absolute atomic E-state index is 0.752. The molecular weight excluding hydrogens is 254 g/mol. The third kappa shape index (κ3) is 2.68. The molecule has 3 nitrogen and oxygen atoms in total. The van der Waals surface area contributed by atoms with Gasteiger partial charge in [0.2, 0.25) is 0 Å². The van der Waals surface area contributed by atoms with E-state index >= 15 is 0 Å². The number of anilines is 1. The molecule has 82 valence electrons. The number of rotatable bonds is 2. The van der Waals surface area contributed by atoms with Crippen LogP contribution in [-0.2, 0) is 0 Å². The molecule has 0 bridgehead atoms. The average Bonchev–Trinajstić information content (AvgIpc) is 2.30. The molecule has 1 unspecified atom stereocenters. The fraction of sp³-hybridized carbons (Fsp3) is 0.636. The second-order valence-corrected chi connectivity index (χ2v) is 4.79. The van der Waals surface area contributed by atoms with E-state index in [9.17, 15) is 0 Å². The number of aryl methyl sites for hydroxylation is 1. The zero-order valence-electron chi connectivity index (χ0n) is 8.99. The summed E-state index contributed by atoms with van der Waals surface area (Å²) < 4.78 is 0. The summed E-state index contributed by atoms with van der Waals surface area (Å²) in [5, 5.41) is 9.42. The smallest absolute Gasteiger partial charge is 0.151 e. The van der Waals surface area contributed by atoms with Gasteiger partial charge >= 0.3 is 0 Å². The highest BCUT2D eigenvalue weighted by Crippen LogP contribution is 2.22. The van der Waals surface area contributed by atoms with Gasteiger partial charge in [-0.2, -0.15) is 5.10 Å². The van der Waals surface area contributed by atoms with Gasteiger partial charge in [0.1, 0.15) is 0 Å². The number of nitrogens with zero attached hydrogens (tertiary/aromatic N) is 3. The number of aromatic nitrogens is 2. The summed E-state index contributed by atoms with van der Waals surface area (Å²) in [5.74, 6) is 1.77. The number of hydrogen-bond acceptors (Lipinski definition) is 3. The molecule has 1 aromatic heterocycles. The fourth-order valence-corrected chi connectivity index (χ4v) is 2.49. The summed E-state index contributed by atoms with van der Waals surface area (Å²) >= 11 is 3.56. The van der Waals surface area contributed by atoms with E-state index in [1.807, 2.05) is 13.0 Å². The number of piperidine rings is 1. The van der Waals surface area contributed by atoms with Gasteiger partial charge in [-0.3, -0.25) is 0 Å². The lowest BCUT2D eigenvalue weighted by Gasteiger charge is -2.32. The first kappa shape index (κ1) is 10.9. The molecule has 1 aliphatic rings. The van der Waals surface area contributed by atoms with E-state index in [0.717, 1.165) is 35.8 Å². The zero-order chi connectivity index (χ0) is 10.7. The summed E-state index contributed by atoms with van der Waals surface area (Å²) in [6.45, 7) is 4.18. The highest BCUT2D eigenvalue weighted by atomic mass is 79.9. The SMILES string of the molecule is Cc1ccc(N2CCCC(CBr)C2)nn1. The van der Waals surface area contributed by atoms with Crippen molar-refractivity contribution in [3.63, 3.8) is 0 Å². The molecule has 15 heavy (non-hydrogen) atoms. The van der Waals surface area contributed by atoms with Crippen molar-refractivity contribution in [2.75, 3.05) is 23.3 Å². The van der Waals surface area contributed by atoms with E-state index in [1.165, 1.54) is 12.8 Å². The number of alkyl halides is 1. The summed E-state index contributed by atoms with van der Waals surface area (Å²) in [5.41, 5.74) is 0.979. The molecule has 0 radical (unpaired) electrons. The van der Waals surface area contributed by atoms with Gasteiger partial charge in [-0.1, -0.05) is 15.9 Å². The van der Waals surface area contributed by atoms with Crippen molar-refractivity contribution in [2.24, 2.45) is 5.92 Å². The maximum absolute atomic E-state index is 4.23. The summed E-state index contributed by atoms with van der Waals surface area (Å²) in [7, 11) is 0. The van der Waals surface area contributed by atoms with Crippen molar-refractivity contribution in [1.82, 2.24) is 10.2 Å². The van der Waals surface area contributed by atoms with Crippen LogP contribution in [-0.4, -0.2) is 28.6 Å². The Bertz CT molecular complexity index is 312. The number of halogens is 1. The second-order valence-electron chi connectivity index (χ2n) is 4.14. The van der Waals surface area contributed by atoms with Crippen LogP contribution in [0, 0.1) is 12.8 Å². The maximum atomic E-state index is 4.23. The van der Waals surface area contributed by atoms with Crippen LogP contribution in [0.25, 0.3) is 0 Å². The molecular formula is C11H16BrN3. The Morgan fingerprint density at radius 3 is 3.00 bits per heavy atom. The normalized spacial score (nSPS) is 21.7. The first-order valence-corrected chi connectivity index (χ1v) is 6.53. The molecule has 2 rings (SSSR count). The third-order valence-electron chi connectivity index (χ3n) is 2.85. The van der Waals surface area contributed by atoms with Crippen molar-refractivity contribution >= 4 is 21.7 Å². The van der Waals surface area contributed by atoms with Crippen LogP contribution in [0.5, 0.6) is 0 Å². The Kier molecular flexibility index (Phi) is 3.57. The minimum atomic E-state index is 0.752. The zero-order valence-corrected chi connectivity index (χ0v) is 10.6. The second kappa shape index (κ2) is 4.92. The van der Waals surface area contributed by atoms with Gasteiger partial charge in [-0.25, -0.2) is 0 Å². The Hall–Kier alpha value is -0.640. The molecule has 1 atom stereocenters. The Balaban J connectivity index is 2.06. The summed E-state index contributed by atoms with van der Waals surface area (Å²) in [6, 6.07) is 4.10. The van der Waals surface area contributed by atoms with E-state index in [4.69, 9.17) is 0 Å². The molecule has 1 fully saturated rings. The average molecular weight is 270 g/mol. The van der Waals surface area contributed by atoms with Crippen molar-refractivity contribution in [2.45, 2.75) is 19.8 Å². The van der Waals surface area contributed by atoms with Crippen LogP contribution in [0.4, 0.5) is 5.82 Å². The molecule has 1 saturated heterocycles. The van der Waals surface area contributed by atoms with Crippen molar-refractivity contribution < 1.29 is 0 Å². The standard InChI is InChI=1S/C11H16BrN3/c1-9-4-5-11(14-13-9)15-6-2-3-10(7-12)8-15/h4-5,10H,2-3,6-8H2,1H3. The Morgan fingerprint density at radius 1 is 1.47 bits per heavy atom. The fourth-order valence-electron chi connectivity index (χ4n) is 1.96. The van der Waals surface area contributed by atoms with Crippen molar-refractivity contribution in [3.8, 4) is 0 Å². The quantitative estimate of drug-likeness (QED) is 0.773. The maximum Gasteiger partial charge on any atom is 0.151 e. The lowest BCUT2D eigenvalue weighted by atomic mass is 10.0. The first-order chi connectivity index (χ1) is 7.29. The largest absolute Gasteiger partial charge is 0.355 e. The van der Waals surface area contributed by atoms with Gasteiger partial charge < -0.3 is 4.90 Å². The molecule has 0 aromatic carbocycles. The van der Waals surface area contributed by atoms with Crippen LogP contribution in [0.15, 0.2) is 12.1 Å². The van der Waals surface area contributed by atoms with Gasteiger partial charge in [-0.15, -0.1) is 5.10 Å². The summed E-state index contributed by atoms with van der Waals surface area (Å²) in [6.07, 6.45) is 2.58. The van der Waals surface area contributed by atoms with E-state index < -0.39 is 0 Å². The van der Waals surface area contributed by atoms with E-state index in [-0.39, 0.29) is 0 Å². The predicted molar refractivity (Wildman–Crippen MR) is 65.5 cm³/mol. The van der Waals surface area contributed by atoms with E-state index in [0.29, 0.717) is 0 Å². The first-order valence-electron chi connectivity index (χ1n) is 5.41. The van der Waals surface area contributed by atoms with Gasteiger partial charge in [-0.05, 0) is 37.8 Å². The van der Waals surface area contributed by atoms with Crippen molar-refractivity contribution in [3.05, 3.63) is 17.8 Å². The van der Waals surface area contributed by atoms with Gasteiger partial charge in [0.25, 0.3) is 0 Å². The van der Waals surface area contributed by atoms with E-state index in [2.05, 4.69) is 37.1 Å². The van der Waals surface area contributed by atoms with Crippen molar-refractivity contribution in [1.29, 1.82) is 0 Å². The molecule has 0 aliphatic carbocycles. The topological polar surface area (TPSA) is 29.0 Å². The lowest BCUT2D eigenvalue weighted by Crippen LogP contribution is -2.36. The van der Waals surface area contributed by atoms with Crippen LogP contribution in [0.2, 0.25) is 0 Å². The molecule has 1 aromatic rings. The lowest BCUT2D eigenvalue weighted by molar-refractivity contribution is 0.452. The van der Waals surface area contributed by atoms with Gasteiger partial charge in [0, 0.05) is 18.4 Å². The highest BCUT2D eigenvalue weighted by molar-refractivity contribution is 9.09. The van der Waals surface area contributed by atoms with Crippen LogP contribution in [0.3, 0.4) is 0 Å². The highest BCUT2D eigenvalue weighted by Gasteiger charge is 2.19. The van der Waals surface area contributed by atoms with Crippen LogP contribution >= 0.6 is 15.9 Å². The predicted octanol–water partition coefficient (Wildman–Crippen LogP) is 2.40. The van der Waals surface area contributed by atoms with Crippen LogP contribution in [0.1, 0.15) is 18.5 Å². The molecule has 0 amide bonds.